The average molecular weight is 300 g/mol. The molecule has 0 aliphatic heterocycles. The van der Waals surface area contributed by atoms with Crippen LogP contribution in [0.4, 0.5) is 5.82 Å². The Balaban J connectivity index is 2.46. The number of anilines is 1. The van der Waals surface area contributed by atoms with Crippen LogP contribution in [-0.4, -0.2) is 24.7 Å². The van der Waals surface area contributed by atoms with Crippen molar-refractivity contribution in [3.05, 3.63) is 28.1 Å². The molecule has 2 aromatic heterocycles. The first-order valence-electron chi connectivity index (χ1n) is 5.22. The average Bonchev–Trinajstić information content (AvgIpc) is 2.83. The highest BCUT2D eigenvalue weighted by Gasteiger charge is 2.22. The van der Waals surface area contributed by atoms with Crippen LogP contribution in [0.1, 0.15) is 24.3 Å². The minimum atomic E-state index is -0.833. The predicted molar refractivity (Wildman–Crippen MR) is 67.3 cm³/mol. The molecule has 92 valence electrons. The fourth-order valence-corrected chi connectivity index (χ4v) is 2.23. The lowest BCUT2D eigenvalue weighted by Gasteiger charge is -2.12. The molecule has 0 fully saturated rings. The monoisotopic (exact) mass is 299 g/mol. The number of nitrogen functional groups attached to an aromatic ring is 1. The molecule has 3 N–H and O–H groups in total. The summed E-state index contributed by atoms with van der Waals surface area (Å²) >= 11 is 3.38. The number of aliphatic hydroxyl groups is 1. The second-order valence-corrected chi connectivity index (χ2v) is 4.56. The van der Waals surface area contributed by atoms with E-state index in [2.05, 4.69) is 26.1 Å². The predicted octanol–water partition coefficient (Wildman–Crippen LogP) is 1.06. The van der Waals surface area contributed by atoms with Crippen molar-refractivity contribution in [3.8, 4) is 0 Å². The fourth-order valence-electron chi connectivity index (χ4n) is 1.72. The van der Waals surface area contributed by atoms with Crippen molar-refractivity contribution in [3.63, 3.8) is 0 Å². The molecule has 2 rings (SSSR count). The number of nitrogens with two attached hydrogens (primary N) is 1. The van der Waals surface area contributed by atoms with Crippen LogP contribution in [0.15, 0.2) is 16.9 Å². The van der Waals surface area contributed by atoms with Crippen molar-refractivity contribution in [1.82, 2.24) is 19.6 Å². The summed E-state index contributed by atoms with van der Waals surface area (Å²) in [6.07, 6.45) is 2.40. The highest BCUT2D eigenvalue weighted by atomic mass is 79.9. The first kappa shape index (κ1) is 12.1. The zero-order valence-corrected chi connectivity index (χ0v) is 11.2. The van der Waals surface area contributed by atoms with Gasteiger partial charge in [-0.25, -0.2) is 0 Å². The molecule has 0 bridgehead atoms. The molecule has 1 atom stereocenters. The minimum Gasteiger partial charge on any atom is -0.384 e. The van der Waals surface area contributed by atoms with E-state index in [9.17, 15) is 5.11 Å². The lowest BCUT2D eigenvalue weighted by molar-refractivity contribution is 0.208. The summed E-state index contributed by atoms with van der Waals surface area (Å²) in [6, 6.07) is 0. The first-order chi connectivity index (χ1) is 8.06. The molecule has 0 aliphatic rings. The van der Waals surface area contributed by atoms with Crippen LogP contribution in [0.5, 0.6) is 0 Å². The van der Waals surface area contributed by atoms with Crippen molar-refractivity contribution in [2.24, 2.45) is 7.05 Å². The van der Waals surface area contributed by atoms with Crippen molar-refractivity contribution < 1.29 is 5.11 Å². The van der Waals surface area contributed by atoms with Crippen molar-refractivity contribution in [2.75, 3.05) is 5.73 Å². The van der Waals surface area contributed by atoms with Crippen LogP contribution in [0.2, 0.25) is 0 Å². The highest BCUT2D eigenvalue weighted by molar-refractivity contribution is 9.10. The van der Waals surface area contributed by atoms with E-state index >= 15 is 0 Å². The maximum atomic E-state index is 10.3. The van der Waals surface area contributed by atoms with Crippen LogP contribution >= 0.6 is 15.9 Å². The van der Waals surface area contributed by atoms with Crippen molar-refractivity contribution in [1.29, 1.82) is 0 Å². The second-order valence-electron chi connectivity index (χ2n) is 3.70. The lowest BCUT2D eigenvalue weighted by Crippen LogP contribution is -2.11. The number of nitrogens with zero attached hydrogens (tertiary/aromatic N) is 4. The second kappa shape index (κ2) is 4.50. The molecular weight excluding hydrogens is 286 g/mol. The van der Waals surface area contributed by atoms with Crippen LogP contribution < -0.4 is 5.73 Å². The SMILES string of the molecule is CCn1ncc(Br)c1C(O)c1cnn(C)c1N. The molecule has 0 aliphatic carbocycles. The van der Waals surface area contributed by atoms with E-state index in [4.69, 9.17) is 5.73 Å². The zero-order valence-electron chi connectivity index (χ0n) is 9.63. The Morgan fingerprint density at radius 3 is 2.71 bits per heavy atom. The maximum absolute atomic E-state index is 10.3. The molecular formula is C10H14BrN5O. The van der Waals surface area contributed by atoms with Gasteiger partial charge in [0.05, 0.1) is 22.6 Å². The number of aliphatic hydroxyl groups excluding tert-OH is 1. The van der Waals surface area contributed by atoms with Gasteiger partial charge in [0, 0.05) is 19.2 Å². The van der Waals surface area contributed by atoms with Crippen molar-refractivity contribution >= 4 is 21.7 Å². The van der Waals surface area contributed by atoms with E-state index in [1.807, 2.05) is 6.92 Å². The Kier molecular flexibility index (Phi) is 3.21. The Morgan fingerprint density at radius 2 is 2.18 bits per heavy atom. The number of rotatable bonds is 3. The molecule has 6 nitrogen and oxygen atoms in total. The minimum absolute atomic E-state index is 0.452. The summed E-state index contributed by atoms with van der Waals surface area (Å²) in [5.41, 5.74) is 7.12. The van der Waals surface area contributed by atoms with E-state index in [0.717, 1.165) is 4.47 Å². The molecule has 0 aromatic carbocycles. The summed E-state index contributed by atoms with van der Waals surface area (Å²) in [5.74, 6) is 0.452. The molecule has 2 heterocycles. The summed E-state index contributed by atoms with van der Waals surface area (Å²) in [5, 5.41) is 18.5. The van der Waals surface area contributed by atoms with E-state index in [1.165, 1.54) is 4.68 Å². The van der Waals surface area contributed by atoms with Gasteiger partial charge in [0.15, 0.2) is 0 Å². The lowest BCUT2D eigenvalue weighted by atomic mass is 10.1. The Hall–Kier alpha value is -1.34. The summed E-state index contributed by atoms with van der Waals surface area (Å²) < 4.78 is 4.01. The maximum Gasteiger partial charge on any atom is 0.127 e. The number of hydrogen-bond acceptors (Lipinski definition) is 4. The number of halogens is 1. The Labute approximate surface area is 107 Å². The van der Waals surface area contributed by atoms with Crippen LogP contribution in [0.25, 0.3) is 0 Å². The molecule has 7 heteroatoms. The third-order valence-corrected chi connectivity index (χ3v) is 3.31. The standard InChI is InChI=1S/C10H14BrN5O/c1-3-16-8(7(11)5-14-16)9(17)6-4-13-15(2)10(6)12/h4-5,9,17H,3,12H2,1-2H3. The van der Waals surface area contributed by atoms with Gasteiger partial charge in [-0.05, 0) is 22.9 Å². The highest BCUT2D eigenvalue weighted by Crippen LogP contribution is 2.30. The van der Waals surface area contributed by atoms with Gasteiger partial charge in [-0.3, -0.25) is 9.36 Å². The van der Waals surface area contributed by atoms with E-state index < -0.39 is 6.10 Å². The third kappa shape index (κ3) is 1.96. The Bertz CT molecular complexity index is 533. The molecule has 0 amide bonds. The molecule has 0 spiro atoms. The summed E-state index contributed by atoms with van der Waals surface area (Å²) in [7, 11) is 1.73. The topological polar surface area (TPSA) is 81.9 Å². The quantitative estimate of drug-likeness (QED) is 0.888. The molecule has 1 unspecified atom stereocenters. The molecule has 2 aromatic rings. The van der Waals surface area contributed by atoms with E-state index in [-0.39, 0.29) is 0 Å². The van der Waals surface area contributed by atoms with Gasteiger partial charge in [-0.15, -0.1) is 0 Å². The molecule has 17 heavy (non-hydrogen) atoms. The third-order valence-electron chi connectivity index (χ3n) is 2.70. The van der Waals surface area contributed by atoms with Gasteiger partial charge in [0.25, 0.3) is 0 Å². The fraction of sp³-hybridized carbons (Fsp3) is 0.400. The smallest absolute Gasteiger partial charge is 0.127 e. The van der Waals surface area contributed by atoms with Gasteiger partial charge >= 0.3 is 0 Å². The summed E-state index contributed by atoms with van der Waals surface area (Å²) in [6.45, 7) is 2.64. The molecule has 0 saturated carbocycles. The van der Waals surface area contributed by atoms with Gasteiger partial charge in [0.1, 0.15) is 11.9 Å². The summed E-state index contributed by atoms with van der Waals surface area (Å²) in [4.78, 5) is 0. The van der Waals surface area contributed by atoms with Crippen molar-refractivity contribution in [2.45, 2.75) is 19.6 Å². The van der Waals surface area contributed by atoms with Gasteiger partial charge < -0.3 is 10.8 Å². The van der Waals surface area contributed by atoms with Crippen LogP contribution in [0.3, 0.4) is 0 Å². The number of hydrogen-bond donors (Lipinski definition) is 2. The van der Waals surface area contributed by atoms with Gasteiger partial charge in [0.2, 0.25) is 0 Å². The van der Waals surface area contributed by atoms with Gasteiger partial charge in [-0.1, -0.05) is 0 Å². The van der Waals surface area contributed by atoms with Crippen LogP contribution in [0, 0.1) is 0 Å². The van der Waals surface area contributed by atoms with Gasteiger partial charge in [-0.2, -0.15) is 10.2 Å². The first-order valence-corrected chi connectivity index (χ1v) is 6.02. The normalized spacial score (nSPS) is 12.9. The van der Waals surface area contributed by atoms with E-state index in [0.29, 0.717) is 23.6 Å². The number of aromatic nitrogens is 4. The van der Waals surface area contributed by atoms with Crippen LogP contribution in [-0.2, 0) is 13.6 Å². The zero-order chi connectivity index (χ0) is 12.6. The number of aryl methyl sites for hydroxylation is 2. The largest absolute Gasteiger partial charge is 0.384 e. The Morgan fingerprint density at radius 1 is 1.47 bits per heavy atom. The van der Waals surface area contributed by atoms with E-state index in [1.54, 1.807) is 24.1 Å². The molecule has 0 saturated heterocycles. The molecule has 0 radical (unpaired) electrons.